The molecule has 3 unspecified atom stereocenters. The van der Waals surface area contributed by atoms with Crippen LogP contribution in [0.2, 0.25) is 0 Å². The Balaban J connectivity index is 1.40. The number of nitrogens with zero attached hydrogens (tertiary/aromatic N) is 3. The number of carbonyl (C=O) groups is 5. The first kappa shape index (κ1) is 31.1. The number of aliphatic carboxylic acids is 1. The molecule has 2 fully saturated rings. The van der Waals surface area contributed by atoms with E-state index >= 15 is 0 Å². The van der Waals surface area contributed by atoms with Crippen LogP contribution >= 0.6 is 0 Å². The molecule has 3 aliphatic rings. The van der Waals surface area contributed by atoms with Crippen LogP contribution < -0.4 is 15.4 Å². The van der Waals surface area contributed by atoms with Crippen molar-refractivity contribution in [1.82, 2.24) is 25.5 Å². The number of carbonyl (C=O) groups excluding carboxylic acids is 4. The van der Waals surface area contributed by atoms with Gasteiger partial charge in [0.25, 0.3) is 5.91 Å². The molecular weight excluding hydrogens is 566 g/mol. The first-order valence-electron chi connectivity index (χ1n) is 15.1. The molecule has 3 heterocycles. The molecule has 3 N–H and O–H groups in total. The summed E-state index contributed by atoms with van der Waals surface area (Å²) < 4.78 is 6.24. The summed E-state index contributed by atoms with van der Waals surface area (Å²) in [5, 5.41) is 15.9. The van der Waals surface area contributed by atoms with Crippen LogP contribution in [0.3, 0.4) is 0 Å². The molecule has 1 saturated heterocycles. The first-order valence-corrected chi connectivity index (χ1v) is 15.1. The van der Waals surface area contributed by atoms with Crippen molar-refractivity contribution < 1.29 is 33.8 Å². The van der Waals surface area contributed by atoms with Crippen LogP contribution in [0.5, 0.6) is 5.75 Å². The number of carboxylic acid groups (broad SMARTS) is 1. The van der Waals surface area contributed by atoms with Crippen molar-refractivity contribution in [2.45, 2.75) is 89.4 Å². The molecule has 12 heteroatoms. The minimum atomic E-state index is -1.26. The van der Waals surface area contributed by atoms with E-state index in [0.717, 1.165) is 32.1 Å². The second-order valence-electron chi connectivity index (χ2n) is 13.2. The van der Waals surface area contributed by atoms with Gasteiger partial charge in [-0.15, -0.1) is 0 Å². The first-order chi connectivity index (χ1) is 20.9. The van der Waals surface area contributed by atoms with Crippen LogP contribution in [-0.2, 0) is 14.4 Å². The number of ether oxygens (including phenoxy) is 1. The topological polar surface area (TPSA) is 168 Å². The number of rotatable bonds is 7. The third-order valence-corrected chi connectivity index (χ3v) is 8.85. The lowest BCUT2D eigenvalue weighted by Gasteiger charge is -2.38. The van der Waals surface area contributed by atoms with Crippen molar-refractivity contribution >= 4 is 29.5 Å². The Labute approximate surface area is 256 Å². The molecule has 3 amide bonds. The third kappa shape index (κ3) is 6.44. The highest BCUT2D eigenvalue weighted by atomic mass is 16.5. The summed E-state index contributed by atoms with van der Waals surface area (Å²) in [6.45, 7) is 5.22. The van der Waals surface area contributed by atoms with Gasteiger partial charge < -0.3 is 25.4 Å². The maximum atomic E-state index is 14.2. The van der Waals surface area contributed by atoms with Gasteiger partial charge in [0.1, 0.15) is 35.2 Å². The number of likely N-dealkylation sites (tertiary alicyclic amines) is 1. The van der Waals surface area contributed by atoms with Gasteiger partial charge in [-0.05, 0) is 36.3 Å². The smallest absolute Gasteiger partial charge is 0.326 e. The zero-order chi connectivity index (χ0) is 31.6. The molecule has 234 valence electrons. The maximum Gasteiger partial charge on any atom is 0.326 e. The van der Waals surface area contributed by atoms with Gasteiger partial charge in [0, 0.05) is 18.8 Å². The number of fused-ring (bicyclic) bond motifs is 1. The van der Waals surface area contributed by atoms with E-state index < -0.39 is 52.8 Å². The molecule has 1 aromatic carbocycles. The summed E-state index contributed by atoms with van der Waals surface area (Å²) >= 11 is 0. The number of ketones is 1. The van der Waals surface area contributed by atoms with E-state index in [2.05, 4.69) is 20.6 Å². The fourth-order valence-electron chi connectivity index (χ4n) is 6.59. The lowest BCUT2D eigenvalue weighted by Crippen LogP contribution is -2.61. The summed E-state index contributed by atoms with van der Waals surface area (Å²) in [6.07, 6.45) is 8.34. The van der Waals surface area contributed by atoms with E-state index in [1.807, 2.05) is 0 Å². The molecular formula is C32H39N5O7. The van der Waals surface area contributed by atoms with E-state index in [1.165, 1.54) is 23.5 Å². The number of para-hydroxylation sites is 1. The normalized spacial score (nSPS) is 23.3. The predicted molar refractivity (Wildman–Crippen MR) is 158 cm³/mol. The fourth-order valence-corrected chi connectivity index (χ4v) is 6.59. The Morgan fingerprint density at radius 1 is 1.07 bits per heavy atom. The minimum Gasteiger partial charge on any atom is -0.484 e. The zero-order valence-electron chi connectivity index (χ0n) is 25.2. The fraction of sp³-hybridized carbons (Fsp3) is 0.531. The van der Waals surface area contributed by atoms with Crippen LogP contribution in [0.4, 0.5) is 0 Å². The lowest BCUT2D eigenvalue weighted by molar-refractivity contribution is -0.151. The van der Waals surface area contributed by atoms with Gasteiger partial charge in [0.15, 0.2) is 5.78 Å². The monoisotopic (exact) mass is 605 g/mol. The Morgan fingerprint density at radius 3 is 2.45 bits per heavy atom. The van der Waals surface area contributed by atoms with Crippen LogP contribution in [0, 0.1) is 11.3 Å². The molecule has 0 radical (unpaired) electrons. The second kappa shape index (κ2) is 12.3. The van der Waals surface area contributed by atoms with Gasteiger partial charge in [-0.1, -0.05) is 52.2 Å². The predicted octanol–water partition coefficient (Wildman–Crippen LogP) is 2.78. The number of aromatic nitrogens is 2. The molecule has 5 rings (SSSR count). The standard InChI is InChI=1S/C32H39N5O7/c1-31(2,3)26(36-28(40)25(19-9-5-4-6-10-19)35-27(39)21-17-33-13-14-34-21)29(41)37-18-32(15-22(37)30(42)43)16-23(38)20-11-7-8-12-24(20)44-32/h7-8,11-14,17,19,22,25-26H,4-6,9-10,15-16,18H2,1-3H3,(H,35,39)(H,36,40)(H,42,43)/t22?,25-,26?,32?/m0/s1. The zero-order valence-corrected chi connectivity index (χ0v) is 25.2. The van der Waals surface area contributed by atoms with E-state index in [-0.39, 0.29) is 36.8 Å². The molecule has 4 atom stereocenters. The quantitative estimate of drug-likeness (QED) is 0.430. The van der Waals surface area contributed by atoms with Gasteiger partial charge >= 0.3 is 5.97 Å². The molecule has 0 bridgehead atoms. The molecule has 44 heavy (non-hydrogen) atoms. The van der Waals surface area contributed by atoms with Crippen LogP contribution in [-0.4, -0.2) is 79.7 Å². The summed E-state index contributed by atoms with van der Waals surface area (Å²) in [6, 6.07) is 3.47. The van der Waals surface area contributed by atoms with Crippen molar-refractivity contribution in [2.75, 3.05) is 6.54 Å². The average molecular weight is 606 g/mol. The number of hydrogen-bond acceptors (Lipinski definition) is 8. The van der Waals surface area contributed by atoms with Crippen molar-refractivity contribution in [3.63, 3.8) is 0 Å². The maximum absolute atomic E-state index is 14.2. The molecule has 12 nitrogen and oxygen atoms in total. The van der Waals surface area contributed by atoms with Crippen molar-refractivity contribution in [3.05, 3.63) is 54.1 Å². The van der Waals surface area contributed by atoms with Crippen molar-refractivity contribution in [1.29, 1.82) is 0 Å². The Morgan fingerprint density at radius 2 is 1.80 bits per heavy atom. The van der Waals surface area contributed by atoms with E-state index in [0.29, 0.717) is 11.3 Å². The molecule has 1 saturated carbocycles. The van der Waals surface area contributed by atoms with Gasteiger partial charge in [0.05, 0.1) is 24.7 Å². The lowest BCUT2D eigenvalue weighted by atomic mass is 9.82. The number of nitrogens with one attached hydrogen (secondary N) is 2. The van der Waals surface area contributed by atoms with E-state index in [1.54, 1.807) is 45.0 Å². The summed E-state index contributed by atoms with van der Waals surface area (Å²) in [4.78, 5) is 75.9. The third-order valence-electron chi connectivity index (χ3n) is 8.85. The van der Waals surface area contributed by atoms with Gasteiger partial charge in [-0.25, -0.2) is 9.78 Å². The molecule has 1 spiro atoms. The summed E-state index contributed by atoms with van der Waals surface area (Å²) in [5.74, 6) is -2.86. The minimum absolute atomic E-state index is 0.0672. The Bertz CT molecular complexity index is 1440. The Kier molecular flexibility index (Phi) is 8.71. The van der Waals surface area contributed by atoms with E-state index in [4.69, 9.17) is 4.74 Å². The summed E-state index contributed by atoms with van der Waals surface area (Å²) in [7, 11) is 0. The van der Waals surface area contributed by atoms with Crippen LogP contribution in [0.1, 0.15) is 86.6 Å². The number of amides is 3. The van der Waals surface area contributed by atoms with E-state index in [9.17, 15) is 29.1 Å². The second-order valence-corrected chi connectivity index (χ2v) is 13.2. The number of Topliss-reactive ketones (excluding diaryl/α,β-unsaturated/α-hetero) is 1. The highest BCUT2D eigenvalue weighted by molar-refractivity contribution is 6.01. The van der Waals surface area contributed by atoms with Crippen LogP contribution in [0.15, 0.2) is 42.9 Å². The molecule has 2 aromatic rings. The van der Waals surface area contributed by atoms with Crippen LogP contribution in [0.25, 0.3) is 0 Å². The largest absolute Gasteiger partial charge is 0.484 e. The number of carboxylic acids is 1. The van der Waals surface area contributed by atoms with Gasteiger partial charge in [0.2, 0.25) is 11.8 Å². The molecule has 1 aliphatic carbocycles. The summed E-state index contributed by atoms with van der Waals surface area (Å²) in [5.41, 5.74) is -1.54. The number of hydrogen-bond donors (Lipinski definition) is 3. The number of benzene rings is 1. The van der Waals surface area contributed by atoms with Crippen molar-refractivity contribution in [3.8, 4) is 5.75 Å². The van der Waals surface area contributed by atoms with Gasteiger partial charge in [-0.2, -0.15) is 0 Å². The average Bonchev–Trinajstić information content (AvgIpc) is 3.37. The SMILES string of the molecule is CC(C)(C)C(NC(=O)[C@@H](NC(=O)c1cnccn1)C1CCCCC1)C(=O)N1CC2(CC(=O)c3ccccc3O2)CC1C(=O)O. The highest BCUT2D eigenvalue weighted by Crippen LogP contribution is 2.42. The van der Waals surface area contributed by atoms with Crippen molar-refractivity contribution in [2.24, 2.45) is 11.3 Å². The molecule has 1 aromatic heterocycles. The molecule has 2 aliphatic heterocycles. The van der Waals surface area contributed by atoms with Gasteiger partial charge in [-0.3, -0.25) is 24.2 Å². The Hall–Kier alpha value is -4.35. The highest BCUT2D eigenvalue weighted by Gasteiger charge is 2.55.